The molecule has 5 nitrogen and oxygen atoms in total. The minimum Gasteiger partial charge on any atom is -0.307 e. The molecular formula is C13H11ClN2O3S. The zero-order chi connectivity index (χ0) is 14.8. The Morgan fingerprint density at radius 2 is 2.00 bits per heavy atom. The minimum atomic E-state index is -3.36. The summed E-state index contributed by atoms with van der Waals surface area (Å²) in [6.07, 6.45) is 2.55. The molecule has 0 aliphatic carbocycles. The van der Waals surface area contributed by atoms with Crippen LogP contribution in [0.25, 0.3) is 0 Å². The molecule has 0 aliphatic heterocycles. The van der Waals surface area contributed by atoms with Crippen molar-refractivity contribution in [1.29, 1.82) is 0 Å². The number of hydrogen-bond donors (Lipinski definition) is 1. The van der Waals surface area contributed by atoms with E-state index in [0.29, 0.717) is 10.8 Å². The van der Waals surface area contributed by atoms with Gasteiger partial charge in [0, 0.05) is 23.0 Å². The lowest BCUT2D eigenvalue weighted by atomic mass is 10.2. The lowest BCUT2D eigenvalue weighted by Gasteiger charge is -2.06. The molecule has 0 spiro atoms. The number of anilines is 1. The molecule has 0 atom stereocenters. The number of rotatable bonds is 3. The molecule has 0 saturated carbocycles. The van der Waals surface area contributed by atoms with Gasteiger partial charge in [0.15, 0.2) is 9.84 Å². The number of benzene rings is 1. The summed E-state index contributed by atoms with van der Waals surface area (Å²) in [6.45, 7) is 0. The Hall–Kier alpha value is -1.92. The summed E-state index contributed by atoms with van der Waals surface area (Å²) >= 11 is 5.79. The molecule has 0 fully saturated rings. The Morgan fingerprint density at radius 3 is 2.65 bits per heavy atom. The second kappa shape index (κ2) is 5.60. The van der Waals surface area contributed by atoms with Gasteiger partial charge in [0.25, 0.3) is 5.91 Å². The maximum absolute atomic E-state index is 12.0. The molecule has 20 heavy (non-hydrogen) atoms. The highest BCUT2D eigenvalue weighted by Gasteiger charge is 2.12. The monoisotopic (exact) mass is 310 g/mol. The number of hydrogen-bond acceptors (Lipinski definition) is 4. The molecule has 7 heteroatoms. The van der Waals surface area contributed by atoms with Gasteiger partial charge in [0.2, 0.25) is 0 Å². The van der Waals surface area contributed by atoms with E-state index in [1.54, 1.807) is 6.07 Å². The first kappa shape index (κ1) is 14.5. The lowest BCUT2D eigenvalue weighted by molar-refractivity contribution is 0.102. The molecule has 1 aromatic heterocycles. The first-order valence-corrected chi connectivity index (χ1v) is 7.86. The first-order chi connectivity index (χ1) is 9.36. The maximum atomic E-state index is 12.0. The van der Waals surface area contributed by atoms with E-state index < -0.39 is 15.7 Å². The summed E-state index contributed by atoms with van der Waals surface area (Å²) in [5, 5.41) is 2.99. The number of carbonyl (C=O) groups excluding carboxylic acids is 1. The van der Waals surface area contributed by atoms with Crippen LogP contribution in [-0.2, 0) is 9.84 Å². The normalized spacial score (nSPS) is 11.1. The third-order valence-corrected chi connectivity index (χ3v) is 3.83. The van der Waals surface area contributed by atoms with Crippen LogP contribution < -0.4 is 5.32 Å². The zero-order valence-electron chi connectivity index (χ0n) is 10.5. The van der Waals surface area contributed by atoms with E-state index >= 15 is 0 Å². The van der Waals surface area contributed by atoms with Gasteiger partial charge in [-0.2, -0.15) is 0 Å². The Bertz CT molecular complexity index is 760. The topological polar surface area (TPSA) is 76.1 Å². The fourth-order valence-electron chi connectivity index (χ4n) is 1.53. The third-order valence-electron chi connectivity index (χ3n) is 2.49. The predicted octanol–water partition coefficient (Wildman–Crippen LogP) is 2.39. The van der Waals surface area contributed by atoms with E-state index in [9.17, 15) is 13.2 Å². The number of nitrogens with zero attached hydrogens (tertiary/aromatic N) is 1. The molecule has 0 aliphatic rings. The molecule has 2 rings (SSSR count). The molecular weight excluding hydrogens is 300 g/mol. The molecule has 0 saturated heterocycles. The fraction of sp³-hybridized carbons (Fsp3) is 0.0769. The van der Waals surface area contributed by atoms with Gasteiger partial charge in [-0.05, 0) is 30.3 Å². The summed E-state index contributed by atoms with van der Waals surface area (Å²) < 4.78 is 22.9. The van der Waals surface area contributed by atoms with Crippen molar-refractivity contribution in [3.05, 3.63) is 53.2 Å². The Labute approximate surface area is 121 Å². The van der Waals surface area contributed by atoms with Crippen molar-refractivity contribution in [2.45, 2.75) is 4.90 Å². The summed E-state index contributed by atoms with van der Waals surface area (Å²) in [6, 6.07) is 8.87. The zero-order valence-corrected chi connectivity index (χ0v) is 12.1. The van der Waals surface area contributed by atoms with Gasteiger partial charge in [-0.3, -0.25) is 4.79 Å². The number of aromatic nitrogens is 1. The number of amides is 1. The molecule has 1 heterocycles. The Morgan fingerprint density at radius 1 is 1.25 bits per heavy atom. The predicted molar refractivity (Wildman–Crippen MR) is 76.8 cm³/mol. The van der Waals surface area contributed by atoms with Crippen LogP contribution in [0.1, 0.15) is 10.4 Å². The van der Waals surface area contributed by atoms with Gasteiger partial charge in [-0.15, -0.1) is 0 Å². The van der Waals surface area contributed by atoms with Crippen LogP contribution in [-0.4, -0.2) is 25.6 Å². The lowest BCUT2D eigenvalue weighted by Crippen LogP contribution is -2.13. The second-order valence-corrected chi connectivity index (χ2v) is 6.57. The van der Waals surface area contributed by atoms with Crippen LogP contribution in [0.2, 0.25) is 5.02 Å². The van der Waals surface area contributed by atoms with Crippen molar-refractivity contribution in [3.63, 3.8) is 0 Å². The minimum absolute atomic E-state index is 0.0872. The number of carbonyl (C=O) groups is 1. The van der Waals surface area contributed by atoms with Crippen LogP contribution in [0.3, 0.4) is 0 Å². The van der Waals surface area contributed by atoms with Crippen molar-refractivity contribution in [2.75, 3.05) is 11.6 Å². The van der Waals surface area contributed by atoms with Crippen LogP contribution in [0.15, 0.2) is 47.5 Å². The highest BCUT2D eigenvalue weighted by atomic mass is 35.5. The summed E-state index contributed by atoms with van der Waals surface area (Å²) in [7, 11) is -3.36. The number of sulfone groups is 1. The van der Waals surface area contributed by atoms with Gasteiger partial charge in [0.05, 0.1) is 4.90 Å². The highest BCUT2D eigenvalue weighted by molar-refractivity contribution is 7.90. The molecule has 1 aromatic carbocycles. The van der Waals surface area contributed by atoms with Gasteiger partial charge in [-0.25, -0.2) is 13.4 Å². The van der Waals surface area contributed by atoms with Crippen LogP contribution in [0, 0.1) is 0 Å². The van der Waals surface area contributed by atoms with Crippen molar-refractivity contribution in [3.8, 4) is 0 Å². The van der Waals surface area contributed by atoms with Crippen molar-refractivity contribution >= 4 is 33.2 Å². The van der Waals surface area contributed by atoms with E-state index in [0.717, 1.165) is 6.26 Å². The third kappa shape index (κ3) is 3.55. The quantitative estimate of drug-likeness (QED) is 0.944. The first-order valence-electron chi connectivity index (χ1n) is 5.59. The SMILES string of the molecule is CS(=O)(=O)c1cccc(C(=O)Nc2cc(Cl)ccn2)c1. The Balaban J connectivity index is 2.26. The summed E-state index contributed by atoms with van der Waals surface area (Å²) in [5.74, 6) is -0.155. The molecule has 104 valence electrons. The van der Waals surface area contributed by atoms with Gasteiger partial charge in [0.1, 0.15) is 5.82 Å². The van der Waals surface area contributed by atoms with E-state index in [-0.39, 0.29) is 10.5 Å². The van der Waals surface area contributed by atoms with Crippen molar-refractivity contribution in [2.24, 2.45) is 0 Å². The molecule has 0 unspecified atom stereocenters. The molecule has 0 bridgehead atoms. The van der Waals surface area contributed by atoms with Crippen molar-refractivity contribution in [1.82, 2.24) is 4.98 Å². The standard InChI is InChI=1S/C13H11ClN2O3S/c1-20(18,19)11-4-2-3-9(7-11)13(17)16-12-8-10(14)5-6-15-12/h2-8H,1H3,(H,15,16,17). The summed E-state index contributed by atoms with van der Waals surface area (Å²) in [5.41, 5.74) is 0.231. The van der Waals surface area contributed by atoms with Crippen molar-refractivity contribution < 1.29 is 13.2 Å². The number of pyridine rings is 1. The van der Waals surface area contributed by atoms with E-state index in [1.165, 1.54) is 36.5 Å². The second-order valence-electron chi connectivity index (χ2n) is 4.11. The largest absolute Gasteiger partial charge is 0.307 e. The number of nitrogens with one attached hydrogen (secondary N) is 1. The van der Waals surface area contributed by atoms with E-state index in [4.69, 9.17) is 11.6 Å². The highest BCUT2D eigenvalue weighted by Crippen LogP contribution is 2.15. The van der Waals surface area contributed by atoms with Gasteiger partial charge < -0.3 is 5.32 Å². The average molecular weight is 311 g/mol. The van der Waals surface area contributed by atoms with E-state index in [2.05, 4.69) is 10.3 Å². The van der Waals surface area contributed by atoms with Gasteiger partial charge in [-0.1, -0.05) is 17.7 Å². The average Bonchev–Trinajstić information content (AvgIpc) is 2.38. The van der Waals surface area contributed by atoms with Crippen LogP contribution in [0.5, 0.6) is 0 Å². The maximum Gasteiger partial charge on any atom is 0.256 e. The van der Waals surface area contributed by atoms with Crippen LogP contribution in [0.4, 0.5) is 5.82 Å². The molecule has 1 amide bonds. The Kier molecular flexibility index (Phi) is 4.06. The fourth-order valence-corrected chi connectivity index (χ4v) is 2.36. The molecule has 1 N–H and O–H groups in total. The smallest absolute Gasteiger partial charge is 0.256 e. The summed E-state index contributed by atoms with van der Waals surface area (Å²) in [4.78, 5) is 16.0. The number of halogens is 1. The van der Waals surface area contributed by atoms with Gasteiger partial charge >= 0.3 is 0 Å². The van der Waals surface area contributed by atoms with Crippen LogP contribution >= 0.6 is 11.6 Å². The molecule has 2 aromatic rings. The van der Waals surface area contributed by atoms with E-state index in [1.807, 2.05) is 0 Å². The molecule has 0 radical (unpaired) electrons.